The fraction of sp³-hybridized carbons (Fsp3) is 0.160. The maximum Gasteiger partial charge on any atom is 0.268 e. The second kappa shape index (κ2) is 8.03. The van der Waals surface area contributed by atoms with Crippen molar-refractivity contribution < 1.29 is 14.4 Å². The van der Waals surface area contributed by atoms with E-state index in [4.69, 9.17) is 0 Å². The summed E-state index contributed by atoms with van der Waals surface area (Å²) in [5, 5.41) is 0.315. The van der Waals surface area contributed by atoms with E-state index >= 15 is 0 Å². The highest BCUT2D eigenvalue weighted by atomic mass is 32.1. The topological polar surface area (TPSA) is 86.7 Å². The van der Waals surface area contributed by atoms with E-state index in [2.05, 4.69) is 14.9 Å². The van der Waals surface area contributed by atoms with Crippen LogP contribution in [0.5, 0.6) is 0 Å². The Morgan fingerprint density at radius 1 is 0.853 bits per heavy atom. The molecule has 0 N–H and O–H groups in total. The second-order valence-corrected chi connectivity index (χ2v) is 9.15. The minimum Gasteiger partial charge on any atom is -0.353 e. The molecule has 4 aromatic rings. The van der Waals surface area contributed by atoms with Gasteiger partial charge in [-0.25, -0.2) is 14.9 Å². The van der Waals surface area contributed by atoms with Crippen molar-refractivity contribution in [3.8, 4) is 0 Å². The number of aromatic nitrogens is 2. The molecule has 1 saturated heterocycles. The largest absolute Gasteiger partial charge is 0.353 e. The van der Waals surface area contributed by atoms with Crippen molar-refractivity contribution in [3.05, 3.63) is 83.6 Å². The smallest absolute Gasteiger partial charge is 0.268 e. The van der Waals surface area contributed by atoms with E-state index < -0.39 is 0 Å². The summed E-state index contributed by atoms with van der Waals surface area (Å²) >= 11 is 1.23. The van der Waals surface area contributed by atoms with Crippen LogP contribution in [0, 0.1) is 0 Å². The summed E-state index contributed by atoms with van der Waals surface area (Å²) in [5.74, 6) is 0.128. The Morgan fingerprint density at radius 3 is 2.24 bits per heavy atom. The summed E-state index contributed by atoms with van der Waals surface area (Å²) < 4.78 is 0.754. The van der Waals surface area contributed by atoms with Gasteiger partial charge < -0.3 is 9.80 Å². The average Bonchev–Trinajstić information content (AvgIpc) is 3.42. The number of rotatable bonds is 3. The number of nitrogens with zero attached hydrogens (tertiary/aromatic N) is 5. The zero-order valence-electron chi connectivity index (χ0n) is 18.0. The molecule has 9 heteroatoms. The third-order valence-corrected chi connectivity index (χ3v) is 7.15. The molecule has 4 heterocycles. The average molecular weight is 470 g/mol. The van der Waals surface area contributed by atoms with Gasteiger partial charge in [0, 0.05) is 37.9 Å². The van der Waals surface area contributed by atoms with Crippen molar-refractivity contribution in [2.24, 2.45) is 0 Å². The van der Waals surface area contributed by atoms with Crippen molar-refractivity contribution in [1.82, 2.24) is 14.9 Å². The number of pyridine rings is 1. The first-order valence-electron chi connectivity index (χ1n) is 10.9. The summed E-state index contributed by atoms with van der Waals surface area (Å²) in [5.41, 5.74) is 1.98. The minimum atomic E-state index is -0.373. The molecular formula is C25H19N5O3S. The summed E-state index contributed by atoms with van der Waals surface area (Å²) in [7, 11) is 0. The minimum absolute atomic E-state index is 0.0433. The Balaban J connectivity index is 1.21. The molecule has 0 bridgehead atoms. The van der Waals surface area contributed by atoms with Gasteiger partial charge in [-0.3, -0.25) is 14.4 Å². The standard InChI is InChI=1S/C25H19N5O3S/c31-22(29-13-11-28(12-14-29)21-7-3-4-10-26-21)16-8-9-19-20(15-16)34-25(27-19)30-23(32)17-5-1-2-6-18(17)24(30)33/h1-10,15H,11-14H2. The first-order valence-corrected chi connectivity index (χ1v) is 11.8. The normalized spacial score (nSPS) is 15.8. The monoisotopic (exact) mass is 469 g/mol. The molecule has 8 nitrogen and oxygen atoms in total. The molecule has 6 rings (SSSR count). The van der Waals surface area contributed by atoms with Gasteiger partial charge in [-0.05, 0) is 42.5 Å². The number of thiazole rings is 1. The zero-order valence-corrected chi connectivity index (χ0v) is 18.9. The first kappa shape index (κ1) is 20.5. The lowest BCUT2D eigenvalue weighted by molar-refractivity contribution is 0.0746. The van der Waals surface area contributed by atoms with Gasteiger partial charge in [0.2, 0.25) is 5.13 Å². The molecule has 2 aromatic heterocycles. The Bertz CT molecular complexity index is 1410. The van der Waals surface area contributed by atoms with Crippen molar-refractivity contribution in [3.63, 3.8) is 0 Å². The van der Waals surface area contributed by atoms with Crippen LogP contribution in [0.4, 0.5) is 10.9 Å². The number of amides is 3. The third-order valence-electron chi connectivity index (χ3n) is 6.15. The van der Waals surface area contributed by atoms with Crippen molar-refractivity contribution in [2.45, 2.75) is 0 Å². The summed E-state index contributed by atoms with van der Waals surface area (Å²) in [6.07, 6.45) is 1.77. The summed E-state index contributed by atoms with van der Waals surface area (Å²) in [6.45, 7) is 2.65. The molecule has 0 spiro atoms. The number of carbonyl (C=O) groups excluding carboxylic acids is 3. The molecule has 34 heavy (non-hydrogen) atoms. The van der Waals surface area contributed by atoms with Gasteiger partial charge in [0.25, 0.3) is 17.7 Å². The van der Waals surface area contributed by atoms with E-state index in [-0.39, 0.29) is 17.7 Å². The Hall–Kier alpha value is -4.11. The highest BCUT2D eigenvalue weighted by Crippen LogP contribution is 2.35. The molecular weight excluding hydrogens is 450 g/mol. The van der Waals surface area contributed by atoms with E-state index in [9.17, 15) is 14.4 Å². The molecule has 3 amide bonds. The number of imide groups is 1. The van der Waals surface area contributed by atoms with Crippen LogP contribution in [0.15, 0.2) is 66.9 Å². The van der Waals surface area contributed by atoms with E-state index in [1.807, 2.05) is 23.1 Å². The quantitative estimate of drug-likeness (QED) is 0.427. The summed E-state index contributed by atoms with van der Waals surface area (Å²) in [6, 6.07) is 17.9. The van der Waals surface area contributed by atoms with E-state index in [0.717, 1.165) is 28.5 Å². The maximum atomic E-state index is 13.2. The molecule has 0 unspecified atom stereocenters. The SMILES string of the molecule is O=C(c1ccc2nc(N3C(=O)c4ccccc4C3=O)sc2c1)N1CCN(c2ccccn2)CC1. The van der Waals surface area contributed by atoms with Crippen LogP contribution in [-0.2, 0) is 0 Å². The highest BCUT2D eigenvalue weighted by Gasteiger charge is 2.38. The maximum absolute atomic E-state index is 13.2. The van der Waals surface area contributed by atoms with Gasteiger partial charge in [0.15, 0.2) is 0 Å². The van der Waals surface area contributed by atoms with Gasteiger partial charge in [-0.15, -0.1) is 0 Å². The predicted molar refractivity (Wildman–Crippen MR) is 130 cm³/mol. The number of piperazine rings is 1. The van der Waals surface area contributed by atoms with Crippen molar-refractivity contribution in [1.29, 1.82) is 0 Å². The zero-order chi connectivity index (χ0) is 23.2. The van der Waals surface area contributed by atoms with Crippen LogP contribution in [0.25, 0.3) is 10.2 Å². The lowest BCUT2D eigenvalue weighted by atomic mass is 10.1. The number of carbonyl (C=O) groups is 3. The third kappa shape index (κ3) is 3.32. The van der Waals surface area contributed by atoms with Crippen LogP contribution in [0.2, 0.25) is 0 Å². The fourth-order valence-electron chi connectivity index (χ4n) is 4.37. The fourth-order valence-corrected chi connectivity index (χ4v) is 5.37. The second-order valence-electron chi connectivity index (χ2n) is 8.14. The predicted octanol–water partition coefficient (Wildman–Crippen LogP) is 3.45. The van der Waals surface area contributed by atoms with Gasteiger partial charge in [0.1, 0.15) is 5.82 Å². The molecule has 1 fully saturated rings. The highest BCUT2D eigenvalue weighted by molar-refractivity contribution is 7.22. The molecule has 2 aromatic carbocycles. The van der Waals surface area contributed by atoms with Gasteiger partial charge in [-0.1, -0.05) is 29.5 Å². The molecule has 0 radical (unpaired) electrons. The molecule has 2 aliphatic heterocycles. The molecule has 2 aliphatic rings. The lowest BCUT2D eigenvalue weighted by Gasteiger charge is -2.35. The van der Waals surface area contributed by atoms with Crippen molar-refractivity contribution in [2.75, 3.05) is 36.0 Å². The van der Waals surface area contributed by atoms with E-state index in [1.165, 1.54) is 11.3 Å². The molecule has 0 saturated carbocycles. The number of benzene rings is 2. The number of hydrogen-bond acceptors (Lipinski definition) is 7. The van der Waals surface area contributed by atoms with Gasteiger partial charge >= 0.3 is 0 Å². The molecule has 168 valence electrons. The number of anilines is 2. The van der Waals surface area contributed by atoms with E-state index in [1.54, 1.807) is 48.7 Å². The lowest BCUT2D eigenvalue weighted by Crippen LogP contribution is -2.49. The van der Waals surface area contributed by atoms with Crippen LogP contribution in [-0.4, -0.2) is 58.8 Å². The van der Waals surface area contributed by atoms with Crippen molar-refractivity contribution >= 4 is 50.2 Å². The van der Waals surface area contributed by atoms with Gasteiger partial charge in [0.05, 0.1) is 21.3 Å². The van der Waals surface area contributed by atoms with Crippen LogP contribution in [0.3, 0.4) is 0 Å². The van der Waals surface area contributed by atoms with Gasteiger partial charge in [-0.2, -0.15) is 0 Å². The van der Waals surface area contributed by atoms with Crippen LogP contribution >= 0.6 is 11.3 Å². The molecule has 0 aliphatic carbocycles. The molecule has 0 atom stereocenters. The first-order chi connectivity index (χ1) is 16.6. The Kier molecular flexibility index (Phi) is 4.84. The summed E-state index contributed by atoms with van der Waals surface area (Å²) in [4.78, 5) is 52.8. The van der Waals surface area contributed by atoms with Crippen LogP contribution < -0.4 is 9.80 Å². The number of hydrogen-bond donors (Lipinski definition) is 0. The van der Waals surface area contributed by atoms with Crippen LogP contribution in [0.1, 0.15) is 31.1 Å². The Morgan fingerprint density at radius 2 is 1.56 bits per heavy atom. The Labute approximate surface area is 199 Å². The number of fused-ring (bicyclic) bond motifs is 2. The van der Waals surface area contributed by atoms with E-state index in [0.29, 0.717) is 40.4 Å².